The number of fused-ring (bicyclic) bond motifs is 1. The number of nitrogens with zero attached hydrogens (tertiary/aromatic N) is 5. The zero-order valence-corrected chi connectivity index (χ0v) is 16.7. The maximum Gasteiger partial charge on any atom is 0.298 e. The first-order chi connectivity index (χ1) is 13.5. The molecule has 4 rings (SSSR count). The summed E-state index contributed by atoms with van der Waals surface area (Å²) in [6.45, 7) is 5.87. The zero-order chi connectivity index (χ0) is 19.7. The van der Waals surface area contributed by atoms with E-state index in [-0.39, 0.29) is 17.9 Å². The van der Waals surface area contributed by atoms with Gasteiger partial charge in [-0.25, -0.2) is 0 Å². The molecule has 148 valence electrons. The summed E-state index contributed by atoms with van der Waals surface area (Å²) in [5.41, 5.74) is 1.42. The maximum absolute atomic E-state index is 12.7. The normalized spacial score (nSPS) is 17.4. The van der Waals surface area contributed by atoms with Crippen LogP contribution in [0.15, 0.2) is 28.9 Å². The van der Waals surface area contributed by atoms with Crippen molar-refractivity contribution in [3.63, 3.8) is 0 Å². The average Bonchev–Trinajstić information content (AvgIpc) is 3.32. The Bertz CT molecular complexity index is 982. The molecule has 8 nitrogen and oxygen atoms in total. The molecule has 3 heterocycles. The molecule has 1 N–H and O–H groups in total. The second-order valence-electron chi connectivity index (χ2n) is 7.36. The molecule has 1 aliphatic rings. The van der Waals surface area contributed by atoms with E-state index in [4.69, 9.17) is 16.0 Å². The van der Waals surface area contributed by atoms with Crippen LogP contribution in [0.1, 0.15) is 38.6 Å². The molecule has 1 fully saturated rings. The molecule has 28 heavy (non-hydrogen) atoms. The van der Waals surface area contributed by atoms with Gasteiger partial charge in [-0.05, 0) is 44.9 Å². The fourth-order valence-corrected chi connectivity index (χ4v) is 3.69. The topological polar surface area (TPSA) is 89.1 Å². The molecule has 1 unspecified atom stereocenters. The number of hydrogen-bond donors (Lipinski definition) is 1. The molecule has 1 aromatic carbocycles. The van der Waals surface area contributed by atoms with Gasteiger partial charge in [0.2, 0.25) is 5.91 Å². The lowest BCUT2D eigenvalue weighted by Gasteiger charge is -2.30. The standard InChI is InChI=1S/C19H23ClN6O2/c1-12(2)26-11-22-24-17(26)9-21-18(27)13-4-3-7-25(10-13)19-23-15-8-14(20)5-6-16(15)28-19/h5-6,8,11-13H,3-4,7,9-10H2,1-2H3,(H,21,27). The van der Waals surface area contributed by atoms with Crippen LogP contribution in [0.3, 0.4) is 0 Å². The van der Waals surface area contributed by atoms with E-state index in [9.17, 15) is 4.79 Å². The predicted molar refractivity (Wildman–Crippen MR) is 106 cm³/mol. The molecule has 0 bridgehead atoms. The number of amides is 1. The van der Waals surface area contributed by atoms with Crippen LogP contribution in [-0.4, -0.2) is 38.7 Å². The molecule has 9 heteroatoms. The monoisotopic (exact) mass is 402 g/mol. The molecule has 1 aliphatic heterocycles. The molecule has 0 spiro atoms. The van der Waals surface area contributed by atoms with Crippen molar-refractivity contribution in [3.8, 4) is 0 Å². The van der Waals surface area contributed by atoms with Crippen molar-refractivity contribution in [3.05, 3.63) is 35.4 Å². The molecule has 3 aromatic rings. The van der Waals surface area contributed by atoms with E-state index in [2.05, 4.69) is 34.3 Å². The van der Waals surface area contributed by atoms with Crippen LogP contribution in [0.5, 0.6) is 0 Å². The van der Waals surface area contributed by atoms with Crippen molar-refractivity contribution in [1.82, 2.24) is 25.1 Å². The number of piperidine rings is 1. The summed E-state index contributed by atoms with van der Waals surface area (Å²) in [7, 11) is 0. The smallest absolute Gasteiger partial charge is 0.298 e. The van der Waals surface area contributed by atoms with Crippen molar-refractivity contribution in [2.24, 2.45) is 5.92 Å². The number of benzene rings is 1. The molecular weight excluding hydrogens is 380 g/mol. The van der Waals surface area contributed by atoms with E-state index in [0.717, 1.165) is 30.7 Å². The highest BCUT2D eigenvalue weighted by atomic mass is 35.5. The highest BCUT2D eigenvalue weighted by Gasteiger charge is 2.28. The minimum atomic E-state index is -0.122. The van der Waals surface area contributed by atoms with Gasteiger partial charge in [0.05, 0.1) is 12.5 Å². The molecule has 1 atom stereocenters. The summed E-state index contributed by atoms with van der Waals surface area (Å²) in [5.74, 6) is 0.650. The number of anilines is 1. The lowest BCUT2D eigenvalue weighted by atomic mass is 9.97. The first-order valence-corrected chi connectivity index (χ1v) is 9.86. The van der Waals surface area contributed by atoms with Crippen molar-refractivity contribution in [2.45, 2.75) is 39.3 Å². The summed E-state index contributed by atoms with van der Waals surface area (Å²) >= 11 is 6.03. The van der Waals surface area contributed by atoms with Gasteiger partial charge < -0.3 is 19.2 Å². The number of nitrogens with one attached hydrogen (secondary N) is 1. The quantitative estimate of drug-likeness (QED) is 0.705. The Kier molecular flexibility index (Phi) is 5.21. The van der Waals surface area contributed by atoms with Crippen LogP contribution >= 0.6 is 11.6 Å². The second-order valence-corrected chi connectivity index (χ2v) is 7.80. The highest BCUT2D eigenvalue weighted by molar-refractivity contribution is 6.31. The van der Waals surface area contributed by atoms with Crippen LogP contribution in [0, 0.1) is 5.92 Å². The molecule has 2 aromatic heterocycles. The Morgan fingerprint density at radius 2 is 2.29 bits per heavy atom. The summed E-state index contributed by atoms with van der Waals surface area (Å²) in [6, 6.07) is 6.16. The first-order valence-electron chi connectivity index (χ1n) is 9.48. The van der Waals surface area contributed by atoms with Gasteiger partial charge in [0.1, 0.15) is 11.8 Å². The molecule has 0 aliphatic carbocycles. The number of hydrogen-bond acceptors (Lipinski definition) is 6. The van der Waals surface area contributed by atoms with E-state index in [1.165, 1.54) is 0 Å². The molecule has 0 radical (unpaired) electrons. The van der Waals surface area contributed by atoms with Crippen LogP contribution in [-0.2, 0) is 11.3 Å². The Balaban J connectivity index is 1.41. The zero-order valence-electron chi connectivity index (χ0n) is 15.9. The lowest BCUT2D eigenvalue weighted by Crippen LogP contribution is -2.43. The Labute approximate surface area is 167 Å². The maximum atomic E-state index is 12.7. The Hall–Kier alpha value is -2.61. The van der Waals surface area contributed by atoms with Gasteiger partial charge in [-0.1, -0.05) is 11.6 Å². The third kappa shape index (κ3) is 3.82. The fourth-order valence-electron chi connectivity index (χ4n) is 3.52. The van der Waals surface area contributed by atoms with Crippen molar-refractivity contribution in [1.29, 1.82) is 0 Å². The largest absolute Gasteiger partial charge is 0.423 e. The van der Waals surface area contributed by atoms with Gasteiger partial charge in [0.25, 0.3) is 6.01 Å². The molecule has 0 saturated carbocycles. The highest BCUT2D eigenvalue weighted by Crippen LogP contribution is 2.28. The van der Waals surface area contributed by atoms with Crippen LogP contribution in [0.25, 0.3) is 11.1 Å². The van der Waals surface area contributed by atoms with Gasteiger partial charge in [0, 0.05) is 24.2 Å². The predicted octanol–water partition coefficient (Wildman–Crippen LogP) is 3.19. The van der Waals surface area contributed by atoms with E-state index in [1.54, 1.807) is 18.5 Å². The second kappa shape index (κ2) is 7.79. The van der Waals surface area contributed by atoms with E-state index >= 15 is 0 Å². The summed E-state index contributed by atoms with van der Waals surface area (Å²) in [6.07, 6.45) is 3.43. The average molecular weight is 403 g/mol. The van der Waals surface area contributed by atoms with Crippen molar-refractivity contribution in [2.75, 3.05) is 18.0 Å². The minimum absolute atomic E-state index is 0.0159. The van der Waals surface area contributed by atoms with E-state index < -0.39 is 0 Å². The summed E-state index contributed by atoms with van der Waals surface area (Å²) < 4.78 is 7.81. The van der Waals surface area contributed by atoms with Gasteiger partial charge in [-0.3, -0.25) is 4.79 Å². The van der Waals surface area contributed by atoms with E-state index in [0.29, 0.717) is 29.7 Å². The van der Waals surface area contributed by atoms with Gasteiger partial charge >= 0.3 is 0 Å². The minimum Gasteiger partial charge on any atom is -0.423 e. The van der Waals surface area contributed by atoms with Gasteiger partial charge in [-0.15, -0.1) is 10.2 Å². The fraction of sp³-hybridized carbons (Fsp3) is 0.474. The Morgan fingerprint density at radius 3 is 3.11 bits per heavy atom. The molecular formula is C19H23ClN6O2. The van der Waals surface area contributed by atoms with E-state index in [1.807, 2.05) is 15.5 Å². The van der Waals surface area contributed by atoms with Gasteiger partial charge in [-0.2, -0.15) is 4.98 Å². The third-order valence-electron chi connectivity index (χ3n) is 5.03. The number of carbonyl (C=O) groups excluding carboxylic acids is 1. The third-order valence-corrected chi connectivity index (χ3v) is 5.26. The molecule has 1 amide bonds. The number of carbonyl (C=O) groups is 1. The number of oxazole rings is 1. The Morgan fingerprint density at radius 1 is 1.43 bits per heavy atom. The lowest BCUT2D eigenvalue weighted by molar-refractivity contribution is -0.125. The van der Waals surface area contributed by atoms with Crippen LogP contribution in [0.2, 0.25) is 5.02 Å². The number of aromatic nitrogens is 4. The first kappa shape index (κ1) is 18.7. The number of rotatable bonds is 5. The van der Waals surface area contributed by atoms with Crippen LogP contribution < -0.4 is 10.2 Å². The summed E-state index contributed by atoms with van der Waals surface area (Å²) in [4.78, 5) is 19.3. The van der Waals surface area contributed by atoms with Gasteiger partial charge in [0.15, 0.2) is 11.4 Å². The van der Waals surface area contributed by atoms with Crippen molar-refractivity contribution >= 4 is 34.6 Å². The van der Waals surface area contributed by atoms with Crippen LogP contribution in [0.4, 0.5) is 6.01 Å². The van der Waals surface area contributed by atoms with Crippen molar-refractivity contribution < 1.29 is 9.21 Å². The summed E-state index contributed by atoms with van der Waals surface area (Å²) in [5, 5.41) is 11.7. The molecule has 1 saturated heterocycles. The number of halogens is 1. The SMILES string of the molecule is CC(C)n1cnnc1CNC(=O)C1CCCN(c2nc3cc(Cl)ccc3o2)C1.